The number of benzene rings is 1. The van der Waals surface area contributed by atoms with E-state index in [2.05, 4.69) is 4.74 Å². The van der Waals surface area contributed by atoms with Crippen LogP contribution in [0, 0.1) is 10.1 Å². The lowest BCUT2D eigenvalue weighted by molar-refractivity contribution is -0.386. The highest BCUT2D eigenvalue weighted by Crippen LogP contribution is 2.40. The number of phenols is 2. The molecule has 0 bridgehead atoms. The van der Waals surface area contributed by atoms with Crippen molar-refractivity contribution in [2.45, 2.75) is 11.5 Å². The Balaban J connectivity index is 3.65. The van der Waals surface area contributed by atoms with Gasteiger partial charge >= 0.3 is 16.6 Å². The third kappa shape index (κ3) is 2.85. The summed E-state index contributed by atoms with van der Waals surface area (Å²) in [5.41, 5.74) is -1.60. The van der Waals surface area contributed by atoms with E-state index in [1.54, 1.807) is 0 Å². The fourth-order valence-electron chi connectivity index (χ4n) is 1.32. The molecule has 0 spiro atoms. The fourth-order valence-corrected chi connectivity index (χ4v) is 2.01. The molecule has 11 heteroatoms. The minimum absolute atomic E-state index is 0.395. The molecule has 0 radical (unpaired) electrons. The lowest BCUT2D eigenvalue weighted by atomic mass is 10.1. The number of carbonyl (C=O) groups excluding carboxylic acids is 1. The average Bonchev–Trinajstić information content (AvgIpc) is 2.25. The Kier molecular flexibility index (Phi) is 3.85. The minimum atomic E-state index is -5.03. The molecule has 0 aromatic heterocycles. The normalized spacial score (nSPS) is 10.8. The molecule has 0 atom stereocenters. The van der Waals surface area contributed by atoms with Gasteiger partial charge in [0.25, 0.3) is 5.69 Å². The van der Waals surface area contributed by atoms with Crippen molar-refractivity contribution in [2.24, 2.45) is 0 Å². The second-order valence-electron chi connectivity index (χ2n) is 3.18. The van der Waals surface area contributed by atoms with Crippen LogP contribution in [-0.2, 0) is 26.3 Å². The molecule has 1 aromatic rings. The van der Waals surface area contributed by atoms with Gasteiger partial charge in [-0.15, -0.1) is 0 Å². The molecule has 0 saturated heterocycles. The van der Waals surface area contributed by atoms with Crippen LogP contribution < -0.4 is 0 Å². The number of nitrogens with zero attached hydrogens (tertiary/aromatic N) is 1. The van der Waals surface area contributed by atoms with E-state index in [4.69, 9.17) is 4.55 Å². The molecule has 102 valence electrons. The predicted octanol–water partition coefficient (Wildman–Crippen LogP) is -0.164. The van der Waals surface area contributed by atoms with Crippen molar-refractivity contribution in [1.82, 2.24) is 0 Å². The smallest absolute Gasteiger partial charge is 0.506 e. The lowest BCUT2D eigenvalue weighted by Gasteiger charge is -2.08. The monoisotopic (exact) mass is 292 g/mol. The summed E-state index contributed by atoms with van der Waals surface area (Å²) >= 11 is 0. The van der Waals surface area contributed by atoms with Crippen LogP contribution >= 0.6 is 0 Å². The van der Waals surface area contributed by atoms with Crippen molar-refractivity contribution in [3.8, 4) is 11.5 Å². The summed E-state index contributed by atoms with van der Waals surface area (Å²) in [4.78, 5) is 18.2. The van der Waals surface area contributed by atoms with Crippen LogP contribution in [0.5, 0.6) is 11.5 Å². The topological polar surface area (TPSA) is 164 Å². The van der Waals surface area contributed by atoms with Gasteiger partial charge in [-0.3, -0.25) is 14.7 Å². The van der Waals surface area contributed by atoms with Crippen molar-refractivity contribution in [3.63, 3.8) is 0 Å². The zero-order valence-electron chi connectivity index (χ0n) is 8.93. The molecule has 1 rings (SSSR count). The van der Waals surface area contributed by atoms with Crippen LogP contribution in [0.1, 0.15) is 5.56 Å². The maximum absolute atomic E-state index is 10.9. The second-order valence-corrected chi connectivity index (χ2v) is 4.53. The fraction of sp³-hybridized carbons (Fsp3) is 0.125. The van der Waals surface area contributed by atoms with E-state index in [1.807, 2.05) is 0 Å². The van der Waals surface area contributed by atoms with Gasteiger partial charge in [-0.1, -0.05) is 0 Å². The predicted molar refractivity (Wildman–Crippen MR) is 56.7 cm³/mol. The number of nitro groups is 1. The number of phenolic OH excluding ortho intramolecular Hbond substituents is 2. The molecule has 0 aliphatic heterocycles. The third-order valence-electron chi connectivity index (χ3n) is 2.05. The molecule has 3 N–H and O–H groups in total. The summed E-state index contributed by atoms with van der Waals surface area (Å²) in [6.07, 6.45) is 0. The van der Waals surface area contributed by atoms with Crippen LogP contribution in [0.3, 0.4) is 0 Å². The number of aromatic hydroxyl groups is 2. The molecule has 0 aliphatic rings. The van der Waals surface area contributed by atoms with Gasteiger partial charge in [-0.05, 0) is 0 Å². The van der Waals surface area contributed by atoms with E-state index in [-0.39, 0.29) is 0 Å². The van der Waals surface area contributed by atoms with Crippen molar-refractivity contribution in [1.29, 1.82) is 0 Å². The highest BCUT2D eigenvalue weighted by atomic mass is 32.2. The number of ether oxygens (including phenoxy) is 1. The Morgan fingerprint density at radius 1 is 1.42 bits per heavy atom. The van der Waals surface area contributed by atoms with Crippen molar-refractivity contribution in [3.05, 3.63) is 21.7 Å². The molecule has 0 heterocycles. The molecule has 19 heavy (non-hydrogen) atoms. The number of hydrogen-bond acceptors (Lipinski definition) is 8. The van der Waals surface area contributed by atoms with Crippen LogP contribution in [0.15, 0.2) is 11.0 Å². The molecule has 1 aromatic carbocycles. The van der Waals surface area contributed by atoms with Gasteiger partial charge in [0.15, 0.2) is 17.3 Å². The number of hydrogen-bond donors (Lipinski definition) is 3. The Morgan fingerprint density at radius 3 is 2.42 bits per heavy atom. The van der Waals surface area contributed by atoms with Crippen molar-refractivity contribution in [2.75, 3.05) is 0 Å². The zero-order chi connectivity index (χ0) is 14.8. The molecule has 0 aliphatic carbocycles. The Hall–Kier alpha value is -2.49. The minimum Gasteiger partial charge on any atom is -0.506 e. The van der Waals surface area contributed by atoms with E-state index in [9.17, 15) is 33.5 Å². The SMILES string of the molecule is O=[C+]OCc1c([N+](=O)[O-])cc(O)c(S(=O)(=O)O)c1O. The molecule has 0 amide bonds. The van der Waals surface area contributed by atoms with Gasteiger partial charge < -0.3 is 10.2 Å². The number of rotatable bonds is 5. The summed E-state index contributed by atoms with van der Waals surface area (Å²) in [6, 6.07) is 0.395. The van der Waals surface area contributed by atoms with E-state index in [1.165, 1.54) is 0 Å². The second kappa shape index (κ2) is 5.02. The van der Waals surface area contributed by atoms with Crippen LogP contribution in [0.2, 0.25) is 0 Å². The molecule has 0 saturated carbocycles. The van der Waals surface area contributed by atoms with Gasteiger partial charge in [-0.25, -0.2) is 4.74 Å². The summed E-state index contributed by atoms with van der Waals surface area (Å²) in [5, 5.41) is 29.5. The Bertz CT molecular complexity index is 636. The van der Waals surface area contributed by atoms with Gasteiger partial charge in [0.05, 0.1) is 15.8 Å². The van der Waals surface area contributed by atoms with Crippen LogP contribution in [0.25, 0.3) is 0 Å². The molecule has 0 unspecified atom stereocenters. The highest BCUT2D eigenvalue weighted by Gasteiger charge is 2.31. The first-order valence-electron chi connectivity index (χ1n) is 4.38. The third-order valence-corrected chi connectivity index (χ3v) is 2.96. The summed E-state index contributed by atoms with van der Waals surface area (Å²) in [7, 11) is -5.03. The largest absolute Gasteiger partial charge is 0.797 e. The summed E-state index contributed by atoms with van der Waals surface area (Å²) in [5.74, 6) is -2.50. The van der Waals surface area contributed by atoms with Gasteiger partial charge in [-0.2, -0.15) is 8.42 Å². The van der Waals surface area contributed by atoms with Gasteiger partial charge in [0.2, 0.25) is 0 Å². The Morgan fingerprint density at radius 2 is 2.00 bits per heavy atom. The highest BCUT2D eigenvalue weighted by molar-refractivity contribution is 7.86. The zero-order valence-corrected chi connectivity index (χ0v) is 9.75. The van der Waals surface area contributed by atoms with Crippen LogP contribution in [0.4, 0.5) is 5.69 Å². The molecular formula is C8H6NO9S+. The quantitative estimate of drug-likeness (QED) is 0.289. The lowest BCUT2D eigenvalue weighted by Crippen LogP contribution is -2.05. The van der Waals surface area contributed by atoms with Gasteiger partial charge in [0, 0.05) is 0 Å². The first kappa shape index (κ1) is 14.6. The first-order valence-corrected chi connectivity index (χ1v) is 5.82. The summed E-state index contributed by atoms with van der Waals surface area (Å²) in [6.45, 7) is 0.0576. The first-order chi connectivity index (χ1) is 8.70. The van der Waals surface area contributed by atoms with Crippen molar-refractivity contribution >= 4 is 22.3 Å². The standard InChI is InChI=1S/C8H5NO9S/c10-3-18-2-4-5(9(13)14)1-6(11)8(7(4)12)19(15,16)17/h1H,2H2,(H2-,11,12,15,16,17)/p+1. The van der Waals surface area contributed by atoms with E-state index < -0.39 is 49.3 Å². The van der Waals surface area contributed by atoms with E-state index in [0.717, 1.165) is 6.47 Å². The molecule has 10 nitrogen and oxygen atoms in total. The number of nitro benzene ring substituents is 1. The Labute approximate surface area is 105 Å². The molecular weight excluding hydrogens is 286 g/mol. The molecule has 0 fully saturated rings. The average molecular weight is 292 g/mol. The van der Waals surface area contributed by atoms with E-state index >= 15 is 0 Å². The summed E-state index contributed by atoms with van der Waals surface area (Å²) < 4.78 is 34.7. The van der Waals surface area contributed by atoms with E-state index in [0.29, 0.717) is 6.07 Å². The maximum atomic E-state index is 10.9. The van der Waals surface area contributed by atoms with Gasteiger partial charge in [0.1, 0.15) is 11.3 Å². The van der Waals surface area contributed by atoms with Crippen molar-refractivity contribution < 1.29 is 37.6 Å². The maximum Gasteiger partial charge on any atom is 0.797 e. The van der Waals surface area contributed by atoms with Crippen LogP contribution in [-0.4, -0.2) is 34.6 Å².